The highest BCUT2D eigenvalue weighted by molar-refractivity contribution is 7.90. The van der Waals surface area contributed by atoms with Crippen LogP contribution in [-0.4, -0.2) is 65.7 Å². The normalized spacial score (nSPS) is 15.8. The molecule has 1 fully saturated rings. The molecule has 0 unspecified atom stereocenters. The molecule has 5 rings (SSSR count). The molecule has 1 amide bonds. The largest absolute Gasteiger partial charge is 0.419 e. The summed E-state index contributed by atoms with van der Waals surface area (Å²) in [4.78, 5) is 37.7. The van der Waals surface area contributed by atoms with Gasteiger partial charge >= 0.3 is 11.9 Å². The number of hydrogen-bond acceptors (Lipinski definition) is 7. The number of carbonyl (C=O) groups is 1. The molecule has 3 heterocycles. The molecule has 9 nitrogen and oxygen atoms in total. The highest BCUT2D eigenvalue weighted by Crippen LogP contribution is 2.41. The quantitative estimate of drug-likeness (QED) is 0.197. The second kappa shape index (κ2) is 12.2. The summed E-state index contributed by atoms with van der Waals surface area (Å²) in [6.45, 7) is 9.21. The molecule has 0 bridgehead atoms. The van der Waals surface area contributed by atoms with Gasteiger partial charge in [0.15, 0.2) is 15.5 Å². The number of alkyl halides is 3. The van der Waals surface area contributed by atoms with Crippen molar-refractivity contribution in [1.29, 1.82) is 0 Å². The van der Waals surface area contributed by atoms with Gasteiger partial charge in [-0.1, -0.05) is 44.7 Å². The van der Waals surface area contributed by atoms with Crippen molar-refractivity contribution in [3.63, 3.8) is 0 Å². The molecule has 2 aromatic heterocycles. The minimum absolute atomic E-state index is 0.0735. The fourth-order valence-electron chi connectivity index (χ4n) is 5.87. The smallest absolute Gasteiger partial charge is 0.350 e. The van der Waals surface area contributed by atoms with E-state index in [1.165, 1.54) is 17.0 Å². The average molecular weight is 676 g/mol. The topological polar surface area (TPSA) is 105 Å². The van der Waals surface area contributed by atoms with Crippen molar-refractivity contribution >= 4 is 32.6 Å². The summed E-state index contributed by atoms with van der Waals surface area (Å²) in [5, 5.41) is -0.121. The molecule has 4 aromatic rings. The van der Waals surface area contributed by atoms with Crippen LogP contribution in [0.5, 0.6) is 0 Å². The fraction of sp³-hybridized carbons (Fsp3) is 0.312. The summed E-state index contributed by atoms with van der Waals surface area (Å²) >= 11 is 0. The number of piperazine rings is 1. The number of pyridine rings is 1. The van der Waals surface area contributed by atoms with E-state index in [2.05, 4.69) is 16.5 Å². The van der Waals surface area contributed by atoms with Crippen LogP contribution in [0.15, 0.2) is 64.8 Å². The molecule has 1 atom stereocenters. The molecule has 1 saturated heterocycles. The lowest BCUT2D eigenvalue weighted by molar-refractivity contribution is -0.139. The van der Waals surface area contributed by atoms with E-state index in [9.17, 15) is 35.6 Å². The van der Waals surface area contributed by atoms with Crippen LogP contribution in [-0.2, 0) is 20.8 Å². The third kappa shape index (κ3) is 6.11. The van der Waals surface area contributed by atoms with Crippen LogP contribution in [0.2, 0.25) is 0 Å². The zero-order chi connectivity index (χ0) is 34.6. The Labute approximate surface area is 266 Å². The van der Waals surface area contributed by atoms with Crippen molar-refractivity contribution in [3.05, 3.63) is 88.4 Å². The van der Waals surface area contributed by atoms with Gasteiger partial charge < -0.3 is 9.80 Å². The Bertz CT molecular complexity index is 2100. The van der Waals surface area contributed by atoms with Crippen LogP contribution in [0.3, 0.4) is 0 Å². The minimum atomic E-state index is -5.24. The van der Waals surface area contributed by atoms with Gasteiger partial charge in [0.25, 0.3) is 0 Å². The van der Waals surface area contributed by atoms with Crippen LogP contribution in [0.25, 0.3) is 28.0 Å². The Hall–Kier alpha value is -4.66. The number of fused-ring (bicyclic) bond motifs is 1. The van der Waals surface area contributed by atoms with E-state index in [0.29, 0.717) is 11.6 Å². The maximum Gasteiger partial charge on any atom is 0.419 e. The number of sulfone groups is 1. The number of nitrogens with zero attached hydrogens (tertiary/aromatic N) is 5. The van der Waals surface area contributed by atoms with E-state index in [1.54, 1.807) is 31.7 Å². The van der Waals surface area contributed by atoms with Crippen molar-refractivity contribution in [3.8, 4) is 16.9 Å². The predicted octanol–water partition coefficient (Wildman–Crippen LogP) is 5.49. The second-order valence-electron chi connectivity index (χ2n) is 11.6. The van der Waals surface area contributed by atoms with Crippen LogP contribution < -0.4 is 10.6 Å². The van der Waals surface area contributed by atoms with Crippen molar-refractivity contribution in [2.45, 2.75) is 43.8 Å². The van der Waals surface area contributed by atoms with Gasteiger partial charge in [-0.25, -0.2) is 31.5 Å². The molecule has 15 heteroatoms. The highest BCUT2D eigenvalue weighted by Gasteiger charge is 2.39. The first-order chi connectivity index (χ1) is 21.9. The van der Waals surface area contributed by atoms with Crippen molar-refractivity contribution in [1.82, 2.24) is 19.4 Å². The van der Waals surface area contributed by atoms with E-state index in [1.807, 2.05) is 0 Å². The molecule has 0 spiro atoms. The molecule has 1 aliphatic rings. The van der Waals surface area contributed by atoms with Gasteiger partial charge in [0.1, 0.15) is 28.7 Å². The third-order valence-corrected chi connectivity index (χ3v) is 9.14. The lowest BCUT2D eigenvalue weighted by Crippen LogP contribution is -2.54. The molecule has 248 valence electrons. The second-order valence-corrected chi connectivity index (χ2v) is 13.5. The van der Waals surface area contributed by atoms with E-state index < -0.39 is 61.8 Å². The molecule has 0 saturated carbocycles. The number of benzene rings is 2. The van der Waals surface area contributed by atoms with E-state index >= 15 is 4.39 Å². The molecular weight excluding hydrogens is 645 g/mol. The molecule has 0 N–H and O–H groups in total. The van der Waals surface area contributed by atoms with Crippen molar-refractivity contribution < 1.29 is 35.2 Å². The molecule has 2 aromatic carbocycles. The number of hydrogen-bond donors (Lipinski definition) is 0. The number of carbonyl (C=O) groups excluding carboxylic acids is 1. The Morgan fingerprint density at radius 1 is 1.06 bits per heavy atom. The number of anilines is 1. The number of halogens is 5. The Morgan fingerprint density at radius 2 is 1.74 bits per heavy atom. The monoisotopic (exact) mass is 675 g/mol. The van der Waals surface area contributed by atoms with Crippen LogP contribution in [0, 0.1) is 11.6 Å². The summed E-state index contributed by atoms with van der Waals surface area (Å²) in [6, 6.07) is 7.11. The maximum absolute atomic E-state index is 16.0. The average Bonchev–Trinajstić information content (AvgIpc) is 2.98. The summed E-state index contributed by atoms with van der Waals surface area (Å²) in [5.41, 5.74) is -4.80. The lowest BCUT2D eigenvalue weighted by Gasteiger charge is -2.40. The molecule has 47 heavy (non-hydrogen) atoms. The summed E-state index contributed by atoms with van der Waals surface area (Å²) in [7, 11) is -4.03. The zero-order valence-electron chi connectivity index (χ0n) is 25.8. The predicted molar refractivity (Wildman–Crippen MR) is 166 cm³/mol. The van der Waals surface area contributed by atoms with Gasteiger partial charge in [-0.3, -0.25) is 4.79 Å². The summed E-state index contributed by atoms with van der Waals surface area (Å²) in [6.07, 6.45) is -3.15. The number of rotatable bonds is 6. The summed E-state index contributed by atoms with van der Waals surface area (Å²) < 4.78 is 99.8. The first-order valence-corrected chi connectivity index (χ1v) is 16.4. The first kappa shape index (κ1) is 33.7. The SMILES string of the molecule is C=CC(=O)N1CCN(c2nc(=O)n(-c3c(C(C)C)cccc3S(C)(=O)=O)c3nc(-c4cccc(F)c4C(F)(F)F)c(F)cc23)[C@@H](C)C1. The number of para-hydroxylation sites is 1. The van der Waals surface area contributed by atoms with Gasteiger partial charge in [0.2, 0.25) is 5.91 Å². The minimum Gasteiger partial charge on any atom is -0.350 e. The van der Waals surface area contributed by atoms with Gasteiger partial charge in [0.05, 0.1) is 16.0 Å². The standard InChI is InChI=1S/C32H30F5N5O4S/c1-6-25(43)40-13-14-41(18(4)16-40)29-21-15-23(34)27(20-10-7-11-22(33)26(20)32(35,36)37)38-30(21)42(31(44)39-29)28-19(17(2)3)9-8-12-24(28)47(5,45)46/h6-12,15,17-18H,1,13-14,16H2,2-5H3/t18-/m0/s1. The summed E-state index contributed by atoms with van der Waals surface area (Å²) in [5.74, 6) is -3.69. The van der Waals surface area contributed by atoms with Crippen molar-refractivity contribution in [2.24, 2.45) is 0 Å². The zero-order valence-corrected chi connectivity index (χ0v) is 26.6. The molecule has 0 radical (unpaired) electrons. The highest BCUT2D eigenvalue weighted by atomic mass is 32.2. The molecule has 0 aliphatic carbocycles. The van der Waals surface area contributed by atoms with Crippen LogP contribution in [0.1, 0.15) is 37.8 Å². The maximum atomic E-state index is 16.0. The molecule has 1 aliphatic heterocycles. The first-order valence-electron chi connectivity index (χ1n) is 14.5. The Morgan fingerprint density at radius 3 is 2.34 bits per heavy atom. The third-order valence-electron chi connectivity index (χ3n) is 8.01. The Balaban J connectivity index is 1.92. The number of aromatic nitrogens is 3. The number of amides is 1. The van der Waals surface area contributed by atoms with Crippen LogP contribution in [0.4, 0.5) is 27.8 Å². The lowest BCUT2D eigenvalue weighted by atomic mass is 10.0. The fourth-order valence-corrected chi connectivity index (χ4v) is 6.76. The Kier molecular flexibility index (Phi) is 8.73. The molecular formula is C32H30F5N5O4S. The van der Waals surface area contributed by atoms with E-state index in [0.717, 1.165) is 35.1 Å². The van der Waals surface area contributed by atoms with Crippen molar-refractivity contribution in [2.75, 3.05) is 30.8 Å². The van der Waals surface area contributed by atoms with Gasteiger partial charge in [-0.15, -0.1) is 0 Å². The van der Waals surface area contributed by atoms with Gasteiger partial charge in [-0.2, -0.15) is 18.2 Å². The van der Waals surface area contributed by atoms with E-state index in [4.69, 9.17) is 0 Å². The van der Waals surface area contributed by atoms with Crippen LogP contribution >= 0.6 is 0 Å². The van der Waals surface area contributed by atoms with Gasteiger partial charge in [0, 0.05) is 37.5 Å². The van der Waals surface area contributed by atoms with Gasteiger partial charge in [-0.05, 0) is 42.7 Å². The van der Waals surface area contributed by atoms with E-state index in [-0.39, 0.29) is 53.2 Å².